The smallest absolute Gasteiger partial charge is 0.287 e. The van der Waals surface area contributed by atoms with Crippen molar-refractivity contribution in [1.29, 1.82) is 0 Å². The number of benzene rings is 1. The van der Waals surface area contributed by atoms with Gasteiger partial charge >= 0.3 is 0 Å². The van der Waals surface area contributed by atoms with E-state index in [9.17, 15) is 9.90 Å². The number of hydrogen-bond acceptors (Lipinski definition) is 4. The summed E-state index contributed by atoms with van der Waals surface area (Å²) in [5, 5.41) is 13.0. The average molecular weight is 331 g/mol. The van der Waals surface area contributed by atoms with Crippen LogP contribution in [0.4, 0.5) is 0 Å². The van der Waals surface area contributed by atoms with Crippen LogP contribution >= 0.6 is 11.8 Å². The van der Waals surface area contributed by atoms with E-state index in [0.717, 1.165) is 17.7 Å². The lowest BCUT2D eigenvalue weighted by Gasteiger charge is -2.21. The number of aliphatic hydroxyl groups is 1. The second kappa shape index (κ2) is 6.81. The number of carbonyl (C=O) groups is 1. The standard InChI is InChI=1S/C18H21NO3S/c1-2-13-3-5-14(6-4-13)15-7-8-16(22-15)17(20)19-11-18(21)9-10-23-12-18/h3-8,21H,2,9-12H2,1H3,(H,19,20). The Labute approximate surface area is 140 Å². The number of amides is 1. The van der Waals surface area contributed by atoms with Crippen LogP contribution in [-0.4, -0.2) is 34.7 Å². The van der Waals surface area contributed by atoms with Gasteiger partial charge in [0.05, 0.1) is 5.60 Å². The highest BCUT2D eigenvalue weighted by atomic mass is 32.2. The van der Waals surface area contributed by atoms with Gasteiger partial charge in [-0.2, -0.15) is 11.8 Å². The van der Waals surface area contributed by atoms with Gasteiger partial charge in [0.2, 0.25) is 0 Å². The summed E-state index contributed by atoms with van der Waals surface area (Å²) in [4.78, 5) is 12.2. The number of carbonyl (C=O) groups excluding carboxylic acids is 1. The third-order valence-corrected chi connectivity index (χ3v) is 5.37. The van der Waals surface area contributed by atoms with E-state index in [1.165, 1.54) is 5.56 Å². The van der Waals surface area contributed by atoms with Crippen LogP contribution in [0.2, 0.25) is 0 Å². The van der Waals surface area contributed by atoms with Gasteiger partial charge in [0, 0.05) is 17.9 Å². The van der Waals surface area contributed by atoms with Crippen molar-refractivity contribution in [1.82, 2.24) is 5.32 Å². The van der Waals surface area contributed by atoms with E-state index in [4.69, 9.17) is 4.42 Å². The molecule has 1 fully saturated rings. The largest absolute Gasteiger partial charge is 0.451 e. The van der Waals surface area contributed by atoms with Crippen LogP contribution in [0, 0.1) is 0 Å². The highest BCUT2D eigenvalue weighted by molar-refractivity contribution is 7.99. The highest BCUT2D eigenvalue weighted by Crippen LogP contribution is 2.27. The first-order valence-electron chi connectivity index (χ1n) is 7.87. The van der Waals surface area contributed by atoms with E-state index in [2.05, 4.69) is 24.4 Å². The van der Waals surface area contributed by atoms with Gasteiger partial charge in [0.1, 0.15) is 5.76 Å². The Kier molecular flexibility index (Phi) is 4.78. The Morgan fingerprint density at radius 2 is 2.09 bits per heavy atom. The molecule has 2 aromatic rings. The maximum absolute atomic E-state index is 12.2. The second-order valence-corrected chi connectivity index (χ2v) is 7.03. The Bertz CT molecular complexity index is 672. The van der Waals surface area contributed by atoms with Crippen molar-refractivity contribution in [2.75, 3.05) is 18.1 Å². The third kappa shape index (κ3) is 3.79. The fourth-order valence-corrected chi connectivity index (χ4v) is 3.88. The average Bonchev–Trinajstić information content (AvgIpc) is 3.23. The Hall–Kier alpha value is -1.72. The first-order valence-corrected chi connectivity index (χ1v) is 9.02. The molecular formula is C18H21NO3S. The molecule has 1 aromatic heterocycles. The van der Waals surface area contributed by atoms with Crippen LogP contribution in [0.15, 0.2) is 40.8 Å². The molecule has 122 valence electrons. The second-order valence-electron chi connectivity index (χ2n) is 5.92. The van der Waals surface area contributed by atoms with Crippen LogP contribution in [0.3, 0.4) is 0 Å². The van der Waals surface area contributed by atoms with Gasteiger partial charge in [-0.05, 0) is 36.3 Å². The molecule has 23 heavy (non-hydrogen) atoms. The normalized spacial score (nSPS) is 20.6. The quantitative estimate of drug-likeness (QED) is 0.884. The number of aryl methyl sites for hydroxylation is 1. The number of furan rings is 1. The van der Waals surface area contributed by atoms with E-state index < -0.39 is 5.60 Å². The number of nitrogens with one attached hydrogen (secondary N) is 1. The van der Waals surface area contributed by atoms with Crippen molar-refractivity contribution in [2.24, 2.45) is 0 Å². The number of rotatable bonds is 5. The van der Waals surface area contributed by atoms with Crippen molar-refractivity contribution < 1.29 is 14.3 Å². The maximum Gasteiger partial charge on any atom is 0.287 e. The zero-order chi connectivity index (χ0) is 16.3. The lowest BCUT2D eigenvalue weighted by atomic mass is 10.0. The summed E-state index contributed by atoms with van der Waals surface area (Å²) in [6, 6.07) is 11.6. The lowest BCUT2D eigenvalue weighted by molar-refractivity contribution is 0.0603. The van der Waals surface area contributed by atoms with Crippen molar-refractivity contribution in [3.8, 4) is 11.3 Å². The summed E-state index contributed by atoms with van der Waals surface area (Å²) in [5.74, 6) is 2.26. The van der Waals surface area contributed by atoms with E-state index in [1.54, 1.807) is 23.9 Å². The van der Waals surface area contributed by atoms with E-state index in [-0.39, 0.29) is 18.2 Å². The molecule has 0 spiro atoms. The van der Waals surface area contributed by atoms with Crippen molar-refractivity contribution >= 4 is 17.7 Å². The van der Waals surface area contributed by atoms with Gasteiger partial charge in [-0.25, -0.2) is 0 Å². The zero-order valence-electron chi connectivity index (χ0n) is 13.2. The van der Waals surface area contributed by atoms with Gasteiger partial charge in [-0.1, -0.05) is 31.2 Å². The topological polar surface area (TPSA) is 62.5 Å². The van der Waals surface area contributed by atoms with Gasteiger partial charge in [0.15, 0.2) is 5.76 Å². The van der Waals surface area contributed by atoms with Crippen LogP contribution in [-0.2, 0) is 6.42 Å². The molecule has 1 unspecified atom stereocenters. The van der Waals surface area contributed by atoms with Crippen LogP contribution < -0.4 is 5.32 Å². The lowest BCUT2D eigenvalue weighted by Crippen LogP contribution is -2.42. The maximum atomic E-state index is 12.2. The molecule has 1 amide bonds. The van der Waals surface area contributed by atoms with Crippen molar-refractivity contribution in [2.45, 2.75) is 25.4 Å². The monoisotopic (exact) mass is 331 g/mol. The number of hydrogen-bond donors (Lipinski definition) is 2. The summed E-state index contributed by atoms with van der Waals surface area (Å²) in [6.45, 7) is 2.38. The molecule has 5 heteroatoms. The summed E-state index contributed by atoms with van der Waals surface area (Å²) in [6.07, 6.45) is 1.71. The molecular weight excluding hydrogens is 310 g/mol. The summed E-state index contributed by atoms with van der Waals surface area (Å²) >= 11 is 1.71. The van der Waals surface area contributed by atoms with Crippen LogP contribution in [0.5, 0.6) is 0 Å². The molecule has 1 aliphatic rings. The number of thioether (sulfide) groups is 1. The summed E-state index contributed by atoms with van der Waals surface area (Å²) < 4.78 is 5.65. The Morgan fingerprint density at radius 3 is 2.74 bits per heavy atom. The molecule has 1 saturated heterocycles. The molecule has 0 radical (unpaired) electrons. The SMILES string of the molecule is CCc1ccc(-c2ccc(C(=O)NCC3(O)CCSC3)o2)cc1. The molecule has 2 heterocycles. The van der Waals surface area contributed by atoms with Gasteiger partial charge in [0.25, 0.3) is 5.91 Å². The zero-order valence-corrected chi connectivity index (χ0v) is 14.0. The Balaban J connectivity index is 1.64. The molecule has 4 nitrogen and oxygen atoms in total. The minimum absolute atomic E-state index is 0.264. The predicted molar refractivity (Wildman–Crippen MR) is 92.7 cm³/mol. The highest BCUT2D eigenvalue weighted by Gasteiger charge is 2.32. The summed E-state index contributed by atoms with van der Waals surface area (Å²) in [7, 11) is 0. The molecule has 0 saturated carbocycles. The fraction of sp³-hybridized carbons (Fsp3) is 0.389. The van der Waals surface area contributed by atoms with Gasteiger partial charge in [-0.15, -0.1) is 0 Å². The summed E-state index contributed by atoms with van der Waals surface area (Å²) in [5.41, 5.74) is 1.43. The molecule has 0 aliphatic carbocycles. The minimum atomic E-state index is -0.786. The van der Waals surface area contributed by atoms with Crippen molar-refractivity contribution in [3.63, 3.8) is 0 Å². The molecule has 1 aliphatic heterocycles. The fourth-order valence-electron chi connectivity index (χ4n) is 2.59. The molecule has 1 aromatic carbocycles. The first-order chi connectivity index (χ1) is 11.1. The Morgan fingerprint density at radius 1 is 1.30 bits per heavy atom. The predicted octanol–water partition coefficient (Wildman–Crippen LogP) is 3.11. The van der Waals surface area contributed by atoms with E-state index >= 15 is 0 Å². The van der Waals surface area contributed by atoms with Crippen molar-refractivity contribution in [3.05, 3.63) is 47.7 Å². The van der Waals surface area contributed by atoms with Gasteiger partial charge < -0.3 is 14.8 Å². The minimum Gasteiger partial charge on any atom is -0.451 e. The van der Waals surface area contributed by atoms with Crippen LogP contribution in [0.25, 0.3) is 11.3 Å². The van der Waals surface area contributed by atoms with E-state index in [0.29, 0.717) is 17.9 Å². The van der Waals surface area contributed by atoms with Gasteiger partial charge in [-0.3, -0.25) is 4.79 Å². The molecule has 3 rings (SSSR count). The molecule has 2 N–H and O–H groups in total. The third-order valence-electron chi connectivity index (χ3n) is 4.14. The first kappa shape index (κ1) is 16.1. The van der Waals surface area contributed by atoms with Crippen LogP contribution in [0.1, 0.15) is 29.5 Å². The molecule has 0 bridgehead atoms. The van der Waals surface area contributed by atoms with E-state index in [1.807, 2.05) is 12.1 Å². The molecule has 1 atom stereocenters.